The van der Waals surface area contributed by atoms with Crippen LogP contribution in [0.3, 0.4) is 0 Å². The largest absolute Gasteiger partial charge is 0.396 e. The molecule has 1 N–H and O–H groups in total. The molecule has 2 rings (SSSR count). The molecule has 0 amide bonds. The lowest BCUT2D eigenvalue weighted by atomic mass is 9.81. The molecule has 1 saturated heterocycles. The van der Waals surface area contributed by atoms with Crippen molar-refractivity contribution in [2.45, 2.75) is 32.0 Å². The molecule has 4 unspecified atom stereocenters. The summed E-state index contributed by atoms with van der Waals surface area (Å²) >= 11 is 0. The van der Waals surface area contributed by atoms with Crippen molar-refractivity contribution in [3.8, 4) is 0 Å². The summed E-state index contributed by atoms with van der Waals surface area (Å²) in [4.78, 5) is 0. The molecule has 2 aliphatic rings. The van der Waals surface area contributed by atoms with Gasteiger partial charge >= 0.3 is 0 Å². The van der Waals surface area contributed by atoms with E-state index in [4.69, 9.17) is 9.84 Å². The van der Waals surface area contributed by atoms with Gasteiger partial charge in [0.15, 0.2) is 0 Å². The molecule has 1 aliphatic heterocycles. The van der Waals surface area contributed by atoms with Crippen LogP contribution in [0.25, 0.3) is 0 Å². The van der Waals surface area contributed by atoms with E-state index in [0.717, 1.165) is 12.8 Å². The molecular formula is C8H14O2. The second kappa shape index (κ2) is 2.21. The van der Waals surface area contributed by atoms with Crippen LogP contribution >= 0.6 is 0 Å². The molecule has 1 aliphatic carbocycles. The molecule has 0 spiro atoms. The van der Waals surface area contributed by atoms with Gasteiger partial charge in [-0.3, -0.25) is 0 Å². The Morgan fingerprint density at radius 2 is 2.10 bits per heavy atom. The molecule has 2 fully saturated rings. The van der Waals surface area contributed by atoms with Crippen LogP contribution < -0.4 is 0 Å². The highest BCUT2D eigenvalue weighted by Crippen LogP contribution is 2.42. The lowest BCUT2D eigenvalue weighted by Gasteiger charge is -2.23. The van der Waals surface area contributed by atoms with Crippen molar-refractivity contribution < 1.29 is 9.84 Å². The standard InChI is InChI=1S/C8H14O2/c1-5-2-7-8(10-7)3-6(5)4-9/h5-9H,2-4H2,1H3. The number of fused-ring (bicyclic) bond motifs is 1. The summed E-state index contributed by atoms with van der Waals surface area (Å²) in [7, 11) is 0. The van der Waals surface area contributed by atoms with E-state index in [-0.39, 0.29) is 0 Å². The van der Waals surface area contributed by atoms with Gasteiger partial charge in [0.25, 0.3) is 0 Å². The maximum atomic E-state index is 8.94. The smallest absolute Gasteiger partial charge is 0.0845 e. The number of hydrogen-bond donors (Lipinski definition) is 1. The second-order valence-electron chi connectivity index (χ2n) is 3.60. The summed E-state index contributed by atoms with van der Waals surface area (Å²) in [6.07, 6.45) is 3.31. The Balaban J connectivity index is 1.94. The van der Waals surface area contributed by atoms with Crippen molar-refractivity contribution in [1.29, 1.82) is 0 Å². The maximum Gasteiger partial charge on any atom is 0.0845 e. The van der Waals surface area contributed by atoms with Crippen LogP contribution in [0.5, 0.6) is 0 Å². The van der Waals surface area contributed by atoms with E-state index in [1.165, 1.54) is 0 Å². The quantitative estimate of drug-likeness (QED) is 0.549. The molecule has 2 nitrogen and oxygen atoms in total. The highest BCUT2D eigenvalue weighted by molar-refractivity contribution is 4.94. The monoisotopic (exact) mass is 142 g/mol. The summed E-state index contributed by atoms with van der Waals surface area (Å²) in [6.45, 7) is 2.55. The van der Waals surface area contributed by atoms with Gasteiger partial charge in [-0.15, -0.1) is 0 Å². The van der Waals surface area contributed by atoms with E-state index in [1.807, 2.05) is 0 Å². The number of aliphatic hydroxyl groups is 1. The predicted molar refractivity (Wildman–Crippen MR) is 37.6 cm³/mol. The average Bonchev–Trinajstić information content (AvgIpc) is 2.64. The number of epoxide rings is 1. The van der Waals surface area contributed by atoms with Gasteiger partial charge in [0.05, 0.1) is 12.2 Å². The van der Waals surface area contributed by atoms with Gasteiger partial charge in [-0.05, 0) is 24.7 Å². The Morgan fingerprint density at radius 1 is 1.40 bits per heavy atom. The minimum absolute atomic E-state index is 0.341. The Kier molecular flexibility index (Phi) is 1.46. The molecule has 0 bridgehead atoms. The fourth-order valence-electron chi connectivity index (χ4n) is 1.94. The van der Waals surface area contributed by atoms with Gasteiger partial charge in [-0.1, -0.05) is 6.92 Å². The van der Waals surface area contributed by atoms with Crippen molar-refractivity contribution in [2.24, 2.45) is 11.8 Å². The summed E-state index contributed by atoms with van der Waals surface area (Å²) < 4.78 is 5.37. The Hall–Kier alpha value is -0.0800. The first kappa shape index (κ1) is 6.62. The van der Waals surface area contributed by atoms with Crippen LogP contribution in [-0.2, 0) is 4.74 Å². The van der Waals surface area contributed by atoms with Gasteiger partial charge in [0, 0.05) is 6.61 Å². The van der Waals surface area contributed by atoms with Gasteiger partial charge in [0.1, 0.15) is 0 Å². The SMILES string of the molecule is CC1CC2OC2CC1CO. The van der Waals surface area contributed by atoms with Crippen LogP contribution in [0.1, 0.15) is 19.8 Å². The van der Waals surface area contributed by atoms with E-state index in [1.54, 1.807) is 0 Å². The molecule has 1 heterocycles. The van der Waals surface area contributed by atoms with Gasteiger partial charge in [0.2, 0.25) is 0 Å². The Morgan fingerprint density at radius 3 is 2.80 bits per heavy atom. The molecule has 4 atom stereocenters. The van der Waals surface area contributed by atoms with Gasteiger partial charge in [-0.2, -0.15) is 0 Å². The highest BCUT2D eigenvalue weighted by atomic mass is 16.6. The van der Waals surface area contributed by atoms with Crippen molar-refractivity contribution in [1.82, 2.24) is 0 Å². The van der Waals surface area contributed by atoms with Crippen LogP contribution in [0.2, 0.25) is 0 Å². The highest BCUT2D eigenvalue weighted by Gasteiger charge is 2.46. The molecule has 0 radical (unpaired) electrons. The zero-order valence-corrected chi connectivity index (χ0v) is 6.29. The fraction of sp³-hybridized carbons (Fsp3) is 1.00. The van der Waals surface area contributed by atoms with Crippen molar-refractivity contribution in [2.75, 3.05) is 6.61 Å². The first-order valence-electron chi connectivity index (χ1n) is 4.07. The van der Waals surface area contributed by atoms with E-state index >= 15 is 0 Å². The molecule has 0 aromatic carbocycles. The van der Waals surface area contributed by atoms with Crippen LogP contribution in [0, 0.1) is 11.8 Å². The minimum atomic E-state index is 0.341. The van der Waals surface area contributed by atoms with E-state index < -0.39 is 0 Å². The zero-order valence-electron chi connectivity index (χ0n) is 6.29. The molecule has 0 aromatic heterocycles. The summed E-state index contributed by atoms with van der Waals surface area (Å²) in [5.41, 5.74) is 0. The van der Waals surface area contributed by atoms with Crippen LogP contribution in [-0.4, -0.2) is 23.9 Å². The Bertz CT molecular complexity index is 135. The third kappa shape index (κ3) is 0.956. The van der Waals surface area contributed by atoms with Crippen molar-refractivity contribution in [3.05, 3.63) is 0 Å². The van der Waals surface area contributed by atoms with Gasteiger partial charge < -0.3 is 9.84 Å². The summed E-state index contributed by atoms with van der Waals surface area (Å²) in [5, 5.41) is 8.94. The lowest BCUT2D eigenvalue weighted by molar-refractivity contribution is 0.156. The minimum Gasteiger partial charge on any atom is -0.396 e. The molecule has 58 valence electrons. The molecule has 0 aromatic rings. The Labute approximate surface area is 61.2 Å². The van der Waals surface area contributed by atoms with Gasteiger partial charge in [-0.25, -0.2) is 0 Å². The number of rotatable bonds is 1. The third-order valence-corrected chi connectivity index (χ3v) is 2.87. The van der Waals surface area contributed by atoms with Crippen molar-refractivity contribution in [3.63, 3.8) is 0 Å². The zero-order chi connectivity index (χ0) is 7.14. The van der Waals surface area contributed by atoms with E-state index in [2.05, 4.69) is 6.92 Å². The van der Waals surface area contributed by atoms with E-state index in [9.17, 15) is 0 Å². The number of ether oxygens (including phenoxy) is 1. The summed E-state index contributed by atoms with van der Waals surface area (Å²) in [6, 6.07) is 0. The molecule has 1 saturated carbocycles. The van der Waals surface area contributed by atoms with Crippen molar-refractivity contribution >= 4 is 0 Å². The summed E-state index contributed by atoms with van der Waals surface area (Å²) in [5.74, 6) is 1.16. The fourth-order valence-corrected chi connectivity index (χ4v) is 1.94. The average molecular weight is 142 g/mol. The maximum absolute atomic E-state index is 8.94. The first-order valence-corrected chi connectivity index (χ1v) is 4.07. The number of hydrogen-bond acceptors (Lipinski definition) is 2. The number of aliphatic hydroxyl groups excluding tert-OH is 1. The topological polar surface area (TPSA) is 32.8 Å². The second-order valence-corrected chi connectivity index (χ2v) is 3.60. The molecule has 2 heteroatoms. The molecular weight excluding hydrogens is 128 g/mol. The normalized spacial score (nSPS) is 52.2. The van der Waals surface area contributed by atoms with Crippen LogP contribution in [0.4, 0.5) is 0 Å². The van der Waals surface area contributed by atoms with E-state index in [0.29, 0.717) is 30.7 Å². The first-order chi connectivity index (χ1) is 4.81. The lowest BCUT2D eigenvalue weighted by Crippen LogP contribution is -2.24. The third-order valence-electron chi connectivity index (χ3n) is 2.87. The van der Waals surface area contributed by atoms with Crippen LogP contribution in [0.15, 0.2) is 0 Å². The predicted octanol–water partition coefficient (Wildman–Crippen LogP) is 0.792. The molecule has 10 heavy (non-hydrogen) atoms.